The van der Waals surface area contributed by atoms with Crippen LogP contribution in [0.25, 0.3) is 5.65 Å². The Balaban J connectivity index is 1.33. The van der Waals surface area contributed by atoms with E-state index in [4.69, 9.17) is 0 Å². The van der Waals surface area contributed by atoms with Crippen LogP contribution < -0.4 is 15.1 Å². The number of carbonyl (C=O) groups is 1. The lowest BCUT2D eigenvalue weighted by Gasteiger charge is -2.35. The molecule has 0 radical (unpaired) electrons. The maximum absolute atomic E-state index is 12.0. The summed E-state index contributed by atoms with van der Waals surface area (Å²) in [5.74, 6) is 2.27. The minimum Gasteiger partial charge on any atom is -0.353 e. The van der Waals surface area contributed by atoms with Crippen LogP contribution in [0.3, 0.4) is 0 Å². The summed E-state index contributed by atoms with van der Waals surface area (Å²) in [6, 6.07) is 7.82. The van der Waals surface area contributed by atoms with E-state index in [1.54, 1.807) is 10.7 Å². The third-order valence-electron chi connectivity index (χ3n) is 5.19. The molecule has 144 valence electrons. The van der Waals surface area contributed by atoms with Crippen molar-refractivity contribution in [1.82, 2.24) is 24.6 Å². The summed E-state index contributed by atoms with van der Waals surface area (Å²) in [4.78, 5) is 29.9. The smallest absolute Gasteiger partial charge is 0.249 e. The minimum atomic E-state index is 0.0178. The van der Waals surface area contributed by atoms with Gasteiger partial charge in [0, 0.05) is 44.0 Å². The summed E-state index contributed by atoms with van der Waals surface area (Å²) in [5.41, 5.74) is 1.70. The summed E-state index contributed by atoms with van der Waals surface area (Å²) in [6.07, 6.45) is 3.72. The van der Waals surface area contributed by atoms with E-state index in [9.17, 15) is 4.79 Å². The molecule has 0 spiro atoms. The number of nitrogens with one attached hydrogen (secondary N) is 1. The first kappa shape index (κ1) is 16.9. The van der Waals surface area contributed by atoms with Crippen molar-refractivity contribution in [1.29, 1.82) is 0 Å². The second-order valence-corrected chi connectivity index (χ2v) is 7.33. The number of amides is 1. The summed E-state index contributed by atoms with van der Waals surface area (Å²) < 4.78 is 1.81. The third-order valence-corrected chi connectivity index (χ3v) is 5.19. The lowest BCUT2D eigenvalue weighted by molar-refractivity contribution is -0.117. The zero-order chi connectivity index (χ0) is 19.1. The second kappa shape index (κ2) is 6.74. The van der Waals surface area contributed by atoms with Gasteiger partial charge in [-0.25, -0.2) is 9.97 Å². The lowest BCUT2D eigenvalue weighted by atomic mass is 10.3. The predicted octanol–water partition coefficient (Wildman–Crippen LogP) is 1.50. The Kier molecular flexibility index (Phi) is 4.07. The van der Waals surface area contributed by atoms with Crippen LogP contribution >= 0.6 is 0 Å². The number of rotatable bonds is 4. The van der Waals surface area contributed by atoms with Crippen molar-refractivity contribution in [3.8, 4) is 0 Å². The van der Waals surface area contributed by atoms with Gasteiger partial charge in [-0.1, -0.05) is 6.07 Å². The molecule has 0 atom stereocenters. The maximum Gasteiger partial charge on any atom is 0.249 e. The average molecular weight is 378 g/mol. The molecule has 2 fully saturated rings. The number of hydrogen-bond acceptors (Lipinski definition) is 7. The number of pyridine rings is 1. The van der Waals surface area contributed by atoms with Crippen LogP contribution in [0.1, 0.15) is 18.5 Å². The Morgan fingerprint density at radius 3 is 2.61 bits per heavy atom. The molecular formula is C19H22N8O. The summed E-state index contributed by atoms with van der Waals surface area (Å²) in [6.45, 7) is 5.31. The number of aryl methyl sites for hydroxylation is 1. The Morgan fingerprint density at radius 2 is 1.86 bits per heavy atom. The van der Waals surface area contributed by atoms with E-state index in [0.29, 0.717) is 5.95 Å². The van der Waals surface area contributed by atoms with Crippen molar-refractivity contribution < 1.29 is 4.79 Å². The van der Waals surface area contributed by atoms with Gasteiger partial charge in [0.15, 0.2) is 5.65 Å². The number of carbonyl (C=O) groups excluding carboxylic acids is 1. The van der Waals surface area contributed by atoms with E-state index in [1.165, 1.54) is 0 Å². The van der Waals surface area contributed by atoms with Crippen molar-refractivity contribution in [2.45, 2.75) is 19.8 Å². The number of hydrogen-bond donors (Lipinski definition) is 1. The topological polar surface area (TPSA) is 91.5 Å². The van der Waals surface area contributed by atoms with Gasteiger partial charge in [-0.15, -0.1) is 5.10 Å². The van der Waals surface area contributed by atoms with Crippen LogP contribution in [0.2, 0.25) is 0 Å². The van der Waals surface area contributed by atoms with Crippen LogP contribution in [0.4, 0.5) is 17.7 Å². The minimum absolute atomic E-state index is 0.0178. The molecule has 1 N–H and O–H groups in total. The Labute approximate surface area is 162 Å². The first-order chi connectivity index (χ1) is 13.7. The number of anilines is 3. The quantitative estimate of drug-likeness (QED) is 0.736. The molecule has 9 nitrogen and oxygen atoms in total. The van der Waals surface area contributed by atoms with E-state index >= 15 is 0 Å². The Hall–Kier alpha value is -3.23. The molecule has 0 unspecified atom stereocenters. The van der Waals surface area contributed by atoms with Gasteiger partial charge in [-0.05, 0) is 38.0 Å². The first-order valence-electron chi connectivity index (χ1n) is 9.63. The molecule has 3 aromatic rings. The largest absolute Gasteiger partial charge is 0.353 e. The van der Waals surface area contributed by atoms with Crippen molar-refractivity contribution >= 4 is 29.3 Å². The standard InChI is InChI=1S/C19H22N8O/c1-13-7-8-20-19(21-13)26-11-9-25(10-12-26)16-4-2-3-15-22-18(24-27(15)16)23-17(28)14-5-6-14/h2-4,7-8,14H,5-6,9-12H2,1H3,(H,23,24,28). The van der Waals surface area contributed by atoms with E-state index in [-0.39, 0.29) is 11.8 Å². The highest BCUT2D eigenvalue weighted by Gasteiger charge is 2.30. The van der Waals surface area contributed by atoms with Crippen molar-refractivity contribution in [2.75, 3.05) is 41.3 Å². The second-order valence-electron chi connectivity index (χ2n) is 7.33. The fourth-order valence-electron chi connectivity index (χ4n) is 3.47. The molecule has 1 aliphatic heterocycles. The molecule has 3 aromatic heterocycles. The van der Waals surface area contributed by atoms with Crippen molar-refractivity contribution in [3.05, 3.63) is 36.2 Å². The fraction of sp³-hybridized carbons (Fsp3) is 0.421. The van der Waals surface area contributed by atoms with Crippen LogP contribution in [0, 0.1) is 12.8 Å². The van der Waals surface area contributed by atoms with Crippen LogP contribution in [-0.4, -0.2) is 56.7 Å². The Bertz CT molecular complexity index is 1020. The van der Waals surface area contributed by atoms with E-state index in [1.807, 2.05) is 31.2 Å². The highest BCUT2D eigenvalue weighted by molar-refractivity contribution is 5.92. The summed E-state index contributed by atoms with van der Waals surface area (Å²) in [7, 11) is 0. The zero-order valence-corrected chi connectivity index (χ0v) is 15.7. The summed E-state index contributed by atoms with van der Waals surface area (Å²) in [5, 5.41) is 7.35. The van der Waals surface area contributed by atoms with Gasteiger partial charge in [0.05, 0.1) is 0 Å². The van der Waals surface area contributed by atoms with Crippen LogP contribution in [0.15, 0.2) is 30.5 Å². The molecule has 9 heteroatoms. The molecule has 0 aromatic carbocycles. The third kappa shape index (κ3) is 3.23. The van der Waals surface area contributed by atoms with Crippen LogP contribution in [-0.2, 0) is 4.79 Å². The first-order valence-corrected chi connectivity index (χ1v) is 9.63. The lowest BCUT2D eigenvalue weighted by Crippen LogP contribution is -2.47. The van der Waals surface area contributed by atoms with E-state index < -0.39 is 0 Å². The van der Waals surface area contributed by atoms with Gasteiger partial charge in [0.1, 0.15) is 5.82 Å². The molecule has 1 saturated carbocycles. The monoisotopic (exact) mass is 378 g/mol. The number of nitrogens with zero attached hydrogens (tertiary/aromatic N) is 7. The van der Waals surface area contributed by atoms with E-state index in [2.05, 4.69) is 35.2 Å². The van der Waals surface area contributed by atoms with E-state index in [0.717, 1.165) is 62.1 Å². The zero-order valence-electron chi connectivity index (χ0n) is 15.7. The van der Waals surface area contributed by atoms with Gasteiger partial charge in [-0.3, -0.25) is 10.1 Å². The average Bonchev–Trinajstić information content (AvgIpc) is 3.48. The molecule has 0 bridgehead atoms. The molecular weight excluding hydrogens is 356 g/mol. The fourth-order valence-corrected chi connectivity index (χ4v) is 3.47. The molecule has 4 heterocycles. The highest BCUT2D eigenvalue weighted by atomic mass is 16.2. The normalized spacial score (nSPS) is 17.2. The molecule has 2 aliphatic rings. The maximum atomic E-state index is 12.0. The van der Waals surface area contributed by atoms with Gasteiger partial charge in [0.25, 0.3) is 0 Å². The van der Waals surface area contributed by atoms with Crippen molar-refractivity contribution in [3.63, 3.8) is 0 Å². The number of aromatic nitrogens is 5. The molecule has 1 aliphatic carbocycles. The van der Waals surface area contributed by atoms with Gasteiger partial charge < -0.3 is 9.80 Å². The number of fused-ring (bicyclic) bond motifs is 1. The highest BCUT2D eigenvalue weighted by Crippen LogP contribution is 2.30. The number of piperazine rings is 1. The van der Waals surface area contributed by atoms with Crippen molar-refractivity contribution in [2.24, 2.45) is 5.92 Å². The Morgan fingerprint density at radius 1 is 1.07 bits per heavy atom. The van der Waals surface area contributed by atoms with Gasteiger partial charge in [-0.2, -0.15) is 9.50 Å². The predicted molar refractivity (Wildman–Crippen MR) is 106 cm³/mol. The molecule has 28 heavy (non-hydrogen) atoms. The molecule has 1 saturated heterocycles. The van der Waals surface area contributed by atoms with Crippen LogP contribution in [0.5, 0.6) is 0 Å². The SMILES string of the molecule is Cc1ccnc(N2CCN(c3cccc4nc(NC(=O)C5CC5)nn34)CC2)n1. The molecule has 1 amide bonds. The van der Waals surface area contributed by atoms with Gasteiger partial charge >= 0.3 is 0 Å². The van der Waals surface area contributed by atoms with Gasteiger partial charge in [0.2, 0.25) is 17.8 Å². The molecule has 5 rings (SSSR count). The summed E-state index contributed by atoms with van der Waals surface area (Å²) >= 11 is 0.